The monoisotopic (exact) mass is 409 g/mol. The van der Waals surface area contributed by atoms with Crippen LogP contribution in [0.15, 0.2) is 48.2 Å². The molecule has 0 radical (unpaired) electrons. The molecule has 26 heavy (non-hydrogen) atoms. The van der Waals surface area contributed by atoms with Crippen molar-refractivity contribution in [2.75, 3.05) is 26.7 Å². The zero-order chi connectivity index (χ0) is 17.7. The van der Waals surface area contributed by atoms with Crippen LogP contribution in [0.2, 0.25) is 0 Å². The van der Waals surface area contributed by atoms with Gasteiger partial charge in [0.05, 0.1) is 0 Å². The average molecular weight is 409 g/mol. The quantitative estimate of drug-likeness (QED) is 0.606. The molecule has 2 aromatic carbocycles. The fourth-order valence-corrected chi connectivity index (χ4v) is 6.08. The molecule has 0 amide bonds. The molecule has 3 nitrogen and oxygen atoms in total. The van der Waals surface area contributed by atoms with E-state index in [4.69, 9.17) is 4.74 Å². The summed E-state index contributed by atoms with van der Waals surface area (Å²) in [4.78, 5) is 0. The van der Waals surface area contributed by atoms with Crippen molar-refractivity contribution in [3.63, 3.8) is 0 Å². The van der Waals surface area contributed by atoms with Gasteiger partial charge in [-0.1, -0.05) is 0 Å². The van der Waals surface area contributed by atoms with Crippen LogP contribution >= 0.6 is 0 Å². The molecule has 3 aliphatic heterocycles. The van der Waals surface area contributed by atoms with Crippen LogP contribution in [0.5, 0.6) is 5.75 Å². The Hall–Kier alpha value is -1.54. The number of nitrogens with zero attached hydrogens (tertiary/aromatic N) is 1. The Morgan fingerprint density at radius 1 is 1.08 bits per heavy atom. The van der Waals surface area contributed by atoms with E-state index in [1.54, 1.807) is 29.6 Å². The summed E-state index contributed by atoms with van der Waals surface area (Å²) in [6.07, 6.45) is 3.53. The summed E-state index contributed by atoms with van der Waals surface area (Å²) in [6, 6.07) is 15.9. The third kappa shape index (κ3) is 2.21. The first-order valence-corrected chi connectivity index (χ1v) is 11.0. The van der Waals surface area contributed by atoms with Crippen molar-refractivity contribution in [3.05, 3.63) is 59.3 Å². The first kappa shape index (κ1) is 16.6. The summed E-state index contributed by atoms with van der Waals surface area (Å²) in [5.41, 5.74) is 9.28. The topological polar surface area (TPSA) is 21.3 Å². The van der Waals surface area contributed by atoms with Crippen LogP contribution in [0.4, 0.5) is 11.4 Å². The maximum atomic E-state index is 5.42. The van der Waals surface area contributed by atoms with Gasteiger partial charge in [0.1, 0.15) is 0 Å². The van der Waals surface area contributed by atoms with Crippen LogP contribution in [0.25, 0.3) is 5.57 Å². The van der Waals surface area contributed by atoms with Crippen molar-refractivity contribution in [3.8, 4) is 5.75 Å². The molecule has 0 aliphatic carbocycles. The second kappa shape index (κ2) is 6.26. The molecule has 3 atom stereocenters. The molecule has 0 saturated heterocycles. The number of nitrogens with one attached hydrogen (secondary N) is 1. The molecule has 0 fully saturated rings. The molecule has 3 aliphatic rings. The van der Waals surface area contributed by atoms with Gasteiger partial charge in [0.2, 0.25) is 0 Å². The number of para-hydroxylation sites is 1. The van der Waals surface area contributed by atoms with Gasteiger partial charge in [-0.25, -0.2) is 0 Å². The Morgan fingerprint density at radius 2 is 1.88 bits per heavy atom. The van der Waals surface area contributed by atoms with Gasteiger partial charge in [0.25, 0.3) is 0 Å². The van der Waals surface area contributed by atoms with Gasteiger partial charge in [0.15, 0.2) is 0 Å². The minimum absolute atomic E-state index is 0.698. The van der Waals surface area contributed by atoms with Gasteiger partial charge < -0.3 is 0 Å². The number of hydrogen-bond acceptors (Lipinski definition) is 2. The number of hydrogen-bond donors (Lipinski definition) is 1. The summed E-state index contributed by atoms with van der Waals surface area (Å²) in [6.45, 7) is 3.35. The molecular formula is C22H26AsN2O+. The van der Waals surface area contributed by atoms with Gasteiger partial charge in [-0.2, -0.15) is 0 Å². The molecule has 2 aromatic rings. The predicted molar refractivity (Wildman–Crippen MR) is 111 cm³/mol. The SMILES string of the molecule is COc1ccc([N+]23CCC([AsH2])c4cccc(c42)C2=C3CCNCC2)cc1. The van der Waals surface area contributed by atoms with E-state index in [2.05, 4.69) is 47.8 Å². The molecule has 3 heterocycles. The summed E-state index contributed by atoms with van der Waals surface area (Å²) in [5, 5.41) is 3.61. The van der Waals surface area contributed by atoms with E-state index in [0.717, 1.165) is 36.2 Å². The van der Waals surface area contributed by atoms with Gasteiger partial charge in [-0.15, -0.1) is 0 Å². The van der Waals surface area contributed by atoms with Crippen LogP contribution in [0, 0.1) is 0 Å². The van der Waals surface area contributed by atoms with E-state index < -0.39 is 0 Å². The van der Waals surface area contributed by atoms with Crippen molar-refractivity contribution >= 4 is 33.8 Å². The van der Waals surface area contributed by atoms with Crippen LogP contribution in [0.3, 0.4) is 0 Å². The summed E-state index contributed by atoms with van der Waals surface area (Å²) >= 11 is 1.87. The van der Waals surface area contributed by atoms with Crippen LogP contribution in [-0.2, 0) is 0 Å². The predicted octanol–water partition coefficient (Wildman–Crippen LogP) is 3.52. The van der Waals surface area contributed by atoms with Crippen molar-refractivity contribution in [1.82, 2.24) is 9.80 Å². The van der Waals surface area contributed by atoms with E-state index in [1.807, 2.05) is 16.9 Å². The van der Waals surface area contributed by atoms with Gasteiger partial charge in [-0.3, -0.25) is 0 Å². The molecule has 3 unspecified atom stereocenters. The fourth-order valence-electron chi connectivity index (χ4n) is 5.20. The molecule has 4 heteroatoms. The summed E-state index contributed by atoms with van der Waals surface area (Å²) < 4.78 is 7.07. The number of rotatable bonds is 2. The minimum atomic E-state index is 0.698. The molecule has 134 valence electrons. The Morgan fingerprint density at radius 3 is 2.69 bits per heavy atom. The van der Waals surface area contributed by atoms with Gasteiger partial charge in [-0.05, 0) is 0 Å². The average Bonchev–Trinajstić information content (AvgIpc) is 2.83. The Kier molecular flexibility index (Phi) is 4.00. The van der Waals surface area contributed by atoms with Crippen molar-refractivity contribution < 1.29 is 4.74 Å². The van der Waals surface area contributed by atoms with E-state index in [-0.39, 0.29) is 0 Å². The summed E-state index contributed by atoms with van der Waals surface area (Å²) in [7, 11) is 1.74. The zero-order valence-corrected chi connectivity index (χ0v) is 17.7. The fraction of sp³-hybridized carbons (Fsp3) is 0.364. The molecule has 0 aromatic heterocycles. The molecule has 1 N–H and O–H groups in total. The zero-order valence-electron chi connectivity index (χ0n) is 15.3. The number of quaternary nitrogens is 1. The second-order valence-corrected chi connectivity index (χ2v) is 9.23. The number of ether oxygens (including phenoxy) is 1. The van der Waals surface area contributed by atoms with Crippen molar-refractivity contribution in [2.45, 2.75) is 24.0 Å². The Bertz CT molecular complexity index is 890. The van der Waals surface area contributed by atoms with E-state index >= 15 is 0 Å². The van der Waals surface area contributed by atoms with Crippen LogP contribution in [-0.4, -0.2) is 43.6 Å². The first-order valence-electron chi connectivity index (χ1n) is 9.61. The van der Waals surface area contributed by atoms with Crippen molar-refractivity contribution in [1.29, 1.82) is 0 Å². The van der Waals surface area contributed by atoms with E-state index in [1.165, 1.54) is 24.2 Å². The Balaban J connectivity index is 1.80. The number of benzene rings is 2. The second-order valence-electron chi connectivity index (χ2n) is 7.55. The standard InChI is InChI=1S/C22H26AsN2O/c1-26-16-7-5-15(6-8-16)25-14-11-20(23)19-4-2-3-18(22(19)25)17-9-12-24-13-10-21(17)25/h2-8,20,24H,9-14,23H2,1H3/q+1. The van der Waals surface area contributed by atoms with E-state index in [9.17, 15) is 0 Å². The van der Waals surface area contributed by atoms with Gasteiger partial charge in [0, 0.05) is 0 Å². The normalized spacial score (nSPS) is 26.9. The molecule has 5 rings (SSSR count). The molecular weight excluding hydrogens is 383 g/mol. The molecule has 0 saturated carbocycles. The number of fused-ring (bicyclic) bond motifs is 2. The van der Waals surface area contributed by atoms with Crippen LogP contribution in [0.1, 0.15) is 35.1 Å². The number of methoxy groups -OCH3 is 1. The maximum absolute atomic E-state index is 5.42. The van der Waals surface area contributed by atoms with Crippen molar-refractivity contribution in [2.24, 2.45) is 0 Å². The molecule has 0 bridgehead atoms. The van der Waals surface area contributed by atoms with E-state index in [0.29, 0.717) is 4.71 Å². The first-order chi connectivity index (χ1) is 12.8. The third-order valence-corrected chi connectivity index (χ3v) is 7.81. The van der Waals surface area contributed by atoms with Crippen LogP contribution < -0.4 is 14.5 Å². The Labute approximate surface area is 164 Å². The third-order valence-electron chi connectivity index (χ3n) is 6.36. The van der Waals surface area contributed by atoms with Gasteiger partial charge >= 0.3 is 164 Å². The summed E-state index contributed by atoms with van der Waals surface area (Å²) in [5.74, 6) is 0.935. The molecule has 0 spiro atoms.